The summed E-state index contributed by atoms with van der Waals surface area (Å²) in [6.07, 6.45) is 0. The van der Waals surface area contributed by atoms with Crippen LogP contribution >= 0.6 is 15.9 Å². The summed E-state index contributed by atoms with van der Waals surface area (Å²) >= 11 is 3.26. The van der Waals surface area contributed by atoms with Gasteiger partial charge in [-0.15, -0.1) is 0 Å². The summed E-state index contributed by atoms with van der Waals surface area (Å²) in [5, 5.41) is 5.65. The molecule has 0 fully saturated rings. The van der Waals surface area contributed by atoms with Gasteiger partial charge in [-0.1, -0.05) is 15.9 Å². The minimum Gasteiger partial charge on any atom is -0.353 e. The Kier molecular flexibility index (Phi) is 5.95. The van der Waals surface area contributed by atoms with Crippen LogP contribution in [0.3, 0.4) is 0 Å². The van der Waals surface area contributed by atoms with Crippen molar-refractivity contribution in [3.63, 3.8) is 0 Å². The molecule has 0 bridgehead atoms. The molecule has 0 radical (unpaired) electrons. The van der Waals surface area contributed by atoms with Crippen molar-refractivity contribution in [1.29, 1.82) is 0 Å². The maximum absolute atomic E-state index is 12.6. The Morgan fingerprint density at radius 2 is 1.81 bits per heavy atom. The van der Waals surface area contributed by atoms with Crippen LogP contribution in [0.2, 0.25) is 0 Å². The molecule has 0 aliphatic heterocycles. The molecule has 0 aliphatic carbocycles. The fourth-order valence-corrected chi connectivity index (χ4v) is 3.26. The van der Waals surface area contributed by atoms with Crippen LogP contribution in [0.5, 0.6) is 0 Å². The second-order valence-corrected chi connectivity index (χ2v) is 8.78. The summed E-state index contributed by atoms with van der Waals surface area (Å²) in [5.74, 6) is -0.507. The molecular weight excluding hydrogens is 356 g/mol. The SMILES string of the molecule is CNC(C)CNC(=O)C(C)(C)S(=O)(=O)c1ccc(Br)cc1. The lowest BCUT2D eigenvalue weighted by molar-refractivity contribution is -0.122. The number of halogens is 1. The highest BCUT2D eigenvalue weighted by Gasteiger charge is 2.42. The summed E-state index contributed by atoms with van der Waals surface area (Å²) < 4.78 is 24.5. The Bertz CT molecular complexity index is 597. The molecule has 0 aliphatic rings. The number of sulfone groups is 1. The third kappa shape index (κ3) is 4.05. The van der Waals surface area contributed by atoms with E-state index in [1.807, 2.05) is 6.92 Å². The lowest BCUT2D eigenvalue weighted by Crippen LogP contribution is -2.50. The minimum atomic E-state index is -3.76. The topological polar surface area (TPSA) is 75.3 Å². The van der Waals surface area contributed by atoms with Crippen molar-refractivity contribution in [2.24, 2.45) is 0 Å². The van der Waals surface area contributed by atoms with Gasteiger partial charge in [0.15, 0.2) is 9.84 Å². The Morgan fingerprint density at radius 1 is 1.29 bits per heavy atom. The van der Waals surface area contributed by atoms with Gasteiger partial charge in [-0.25, -0.2) is 8.42 Å². The minimum absolute atomic E-state index is 0.0696. The standard InChI is InChI=1S/C14H21BrN2O3S/c1-10(16-4)9-17-13(18)14(2,3)21(19,20)12-7-5-11(15)6-8-12/h5-8,10,16H,9H2,1-4H3,(H,17,18). The van der Waals surface area contributed by atoms with Gasteiger partial charge in [0.05, 0.1) is 4.90 Å². The third-order valence-electron chi connectivity index (χ3n) is 3.40. The number of hydrogen-bond donors (Lipinski definition) is 2. The van der Waals surface area contributed by atoms with Crippen LogP contribution in [0.15, 0.2) is 33.6 Å². The van der Waals surface area contributed by atoms with Gasteiger partial charge in [0.2, 0.25) is 5.91 Å². The van der Waals surface area contributed by atoms with Crippen LogP contribution in [-0.2, 0) is 14.6 Å². The Labute approximate surface area is 134 Å². The molecule has 1 aromatic carbocycles. The summed E-state index contributed by atoms with van der Waals surface area (Å²) in [7, 11) is -1.98. The quantitative estimate of drug-likeness (QED) is 0.792. The van der Waals surface area contributed by atoms with Crippen LogP contribution in [-0.4, -0.2) is 38.7 Å². The highest BCUT2D eigenvalue weighted by atomic mass is 79.9. The van der Waals surface area contributed by atoms with Gasteiger partial charge in [0.25, 0.3) is 0 Å². The first kappa shape index (κ1) is 18.1. The van der Waals surface area contributed by atoms with Gasteiger partial charge >= 0.3 is 0 Å². The van der Waals surface area contributed by atoms with Crippen LogP contribution < -0.4 is 10.6 Å². The molecule has 21 heavy (non-hydrogen) atoms. The van der Waals surface area contributed by atoms with Crippen molar-refractivity contribution in [1.82, 2.24) is 10.6 Å². The highest BCUT2D eigenvalue weighted by molar-refractivity contribution is 9.10. The van der Waals surface area contributed by atoms with Crippen molar-refractivity contribution in [3.8, 4) is 0 Å². The number of hydrogen-bond acceptors (Lipinski definition) is 4. The van der Waals surface area contributed by atoms with Crippen LogP contribution in [0.1, 0.15) is 20.8 Å². The van der Waals surface area contributed by atoms with Gasteiger partial charge in [-0.05, 0) is 52.1 Å². The Balaban J connectivity index is 2.99. The summed E-state index contributed by atoms with van der Waals surface area (Å²) in [6, 6.07) is 6.34. The summed E-state index contributed by atoms with van der Waals surface area (Å²) in [4.78, 5) is 12.4. The molecule has 7 heteroatoms. The smallest absolute Gasteiger partial charge is 0.241 e. The Morgan fingerprint density at radius 3 is 2.29 bits per heavy atom. The maximum atomic E-state index is 12.6. The molecule has 0 aromatic heterocycles. The molecule has 1 aromatic rings. The first-order chi connectivity index (χ1) is 9.62. The van der Waals surface area contributed by atoms with E-state index in [4.69, 9.17) is 0 Å². The van der Waals surface area contributed by atoms with E-state index in [2.05, 4.69) is 26.6 Å². The third-order valence-corrected chi connectivity index (χ3v) is 6.35. The first-order valence-corrected chi connectivity index (χ1v) is 8.86. The molecule has 0 heterocycles. The molecule has 0 saturated heterocycles. The van der Waals surface area contributed by atoms with E-state index in [0.29, 0.717) is 6.54 Å². The molecular formula is C14H21BrN2O3S. The maximum Gasteiger partial charge on any atom is 0.241 e. The van der Waals surface area contributed by atoms with Gasteiger partial charge in [-0.2, -0.15) is 0 Å². The number of amides is 1. The van der Waals surface area contributed by atoms with Crippen molar-refractivity contribution < 1.29 is 13.2 Å². The van der Waals surface area contributed by atoms with Crippen LogP contribution in [0.4, 0.5) is 0 Å². The second-order valence-electron chi connectivity index (χ2n) is 5.37. The van der Waals surface area contributed by atoms with Crippen molar-refractivity contribution >= 4 is 31.7 Å². The van der Waals surface area contributed by atoms with E-state index in [-0.39, 0.29) is 10.9 Å². The number of carbonyl (C=O) groups excluding carboxylic acids is 1. The van der Waals surface area contributed by atoms with Crippen molar-refractivity contribution in [2.45, 2.75) is 36.5 Å². The molecule has 2 N–H and O–H groups in total. The number of likely N-dealkylation sites (N-methyl/N-ethyl adjacent to an activating group) is 1. The zero-order chi connectivity index (χ0) is 16.3. The number of rotatable bonds is 6. The molecule has 0 saturated carbocycles. The molecule has 0 spiro atoms. The summed E-state index contributed by atoms with van der Waals surface area (Å²) in [5.41, 5.74) is 0. The predicted molar refractivity (Wildman–Crippen MR) is 86.9 cm³/mol. The molecule has 1 rings (SSSR count). The number of nitrogens with one attached hydrogen (secondary N) is 2. The zero-order valence-electron chi connectivity index (χ0n) is 12.6. The lowest BCUT2D eigenvalue weighted by Gasteiger charge is -2.25. The van der Waals surface area contributed by atoms with Crippen molar-refractivity contribution in [3.05, 3.63) is 28.7 Å². The second kappa shape index (κ2) is 6.89. The van der Waals surface area contributed by atoms with E-state index >= 15 is 0 Å². The monoisotopic (exact) mass is 376 g/mol. The molecule has 5 nitrogen and oxygen atoms in total. The summed E-state index contributed by atoms with van der Waals surface area (Å²) in [6.45, 7) is 5.11. The molecule has 1 unspecified atom stereocenters. The van der Waals surface area contributed by atoms with Crippen molar-refractivity contribution in [2.75, 3.05) is 13.6 Å². The lowest BCUT2D eigenvalue weighted by atomic mass is 10.2. The fraction of sp³-hybridized carbons (Fsp3) is 0.500. The molecule has 1 atom stereocenters. The first-order valence-electron chi connectivity index (χ1n) is 6.58. The average Bonchev–Trinajstić information content (AvgIpc) is 2.44. The van der Waals surface area contributed by atoms with Crippen LogP contribution in [0, 0.1) is 0 Å². The highest BCUT2D eigenvalue weighted by Crippen LogP contribution is 2.26. The molecule has 118 valence electrons. The van der Waals surface area contributed by atoms with Gasteiger partial charge in [0, 0.05) is 17.1 Å². The number of carbonyl (C=O) groups is 1. The van der Waals surface area contributed by atoms with E-state index in [0.717, 1.165) is 4.47 Å². The van der Waals surface area contributed by atoms with Gasteiger partial charge in [-0.3, -0.25) is 4.79 Å². The zero-order valence-corrected chi connectivity index (χ0v) is 15.0. The Hall–Kier alpha value is -0.920. The van der Waals surface area contributed by atoms with E-state index < -0.39 is 20.5 Å². The predicted octanol–water partition coefficient (Wildman–Crippen LogP) is 1.73. The van der Waals surface area contributed by atoms with Crippen LogP contribution in [0.25, 0.3) is 0 Å². The number of benzene rings is 1. The van der Waals surface area contributed by atoms with Gasteiger partial charge < -0.3 is 10.6 Å². The molecule has 1 amide bonds. The van der Waals surface area contributed by atoms with Gasteiger partial charge in [0.1, 0.15) is 4.75 Å². The normalized spacial score (nSPS) is 13.8. The van der Waals surface area contributed by atoms with E-state index in [1.165, 1.54) is 26.0 Å². The largest absolute Gasteiger partial charge is 0.353 e. The fourth-order valence-electron chi connectivity index (χ4n) is 1.59. The van der Waals surface area contributed by atoms with E-state index in [9.17, 15) is 13.2 Å². The average molecular weight is 377 g/mol. The van der Waals surface area contributed by atoms with E-state index in [1.54, 1.807) is 19.2 Å².